The summed E-state index contributed by atoms with van der Waals surface area (Å²) in [6.07, 6.45) is 0.847. The molecule has 0 unspecified atom stereocenters. The van der Waals surface area contributed by atoms with Crippen LogP contribution in [-0.4, -0.2) is 37.7 Å². The van der Waals surface area contributed by atoms with Crippen LogP contribution in [0.15, 0.2) is 18.2 Å². The quantitative estimate of drug-likeness (QED) is 0.827. The first-order valence-corrected chi connectivity index (χ1v) is 6.90. The first-order chi connectivity index (χ1) is 9.96. The predicted molar refractivity (Wildman–Crippen MR) is 78.4 cm³/mol. The van der Waals surface area contributed by atoms with Gasteiger partial charge in [0.05, 0.1) is 18.4 Å². The molecule has 1 aromatic rings. The number of nitrogens with one attached hydrogen (secondary N) is 1. The number of amides is 1. The molecule has 0 bridgehead atoms. The van der Waals surface area contributed by atoms with Gasteiger partial charge >= 0.3 is 5.97 Å². The smallest absolute Gasteiger partial charge is 0.339 e. The molecule has 114 valence electrons. The molecule has 0 radical (unpaired) electrons. The Labute approximate surface area is 127 Å². The second kappa shape index (κ2) is 6.43. The van der Waals surface area contributed by atoms with Gasteiger partial charge in [-0.2, -0.15) is 0 Å². The summed E-state index contributed by atoms with van der Waals surface area (Å²) in [5, 5.41) is 3.07. The number of anilines is 1. The van der Waals surface area contributed by atoms with Gasteiger partial charge in [0.1, 0.15) is 5.54 Å². The van der Waals surface area contributed by atoms with Crippen LogP contribution in [0.1, 0.15) is 23.2 Å². The topological polar surface area (TPSA) is 90.7 Å². The Hall–Kier alpha value is -1.63. The molecule has 1 fully saturated rings. The minimum Gasteiger partial charge on any atom is -0.465 e. The lowest BCUT2D eigenvalue weighted by molar-refractivity contribution is -0.124. The zero-order valence-corrected chi connectivity index (χ0v) is 12.4. The Morgan fingerprint density at radius 3 is 2.67 bits per heavy atom. The molecular formula is C14H17ClN2O4. The zero-order valence-electron chi connectivity index (χ0n) is 11.6. The molecule has 0 spiro atoms. The molecule has 1 aliphatic heterocycles. The standard InChI is InChI=1S/C14H17ClN2O4/c1-20-12(18)10-3-2-9(15)8-11(10)17-13(19)14(16)4-6-21-7-5-14/h2-3,8H,4-7,16H2,1H3,(H,17,19). The van der Waals surface area contributed by atoms with E-state index >= 15 is 0 Å². The molecule has 1 aromatic carbocycles. The number of halogens is 1. The largest absolute Gasteiger partial charge is 0.465 e. The SMILES string of the molecule is COC(=O)c1ccc(Cl)cc1NC(=O)C1(N)CCOCC1. The van der Waals surface area contributed by atoms with E-state index in [4.69, 9.17) is 22.1 Å². The molecule has 7 heteroatoms. The molecule has 0 aromatic heterocycles. The van der Waals surface area contributed by atoms with Gasteiger partial charge in [0.2, 0.25) is 5.91 Å². The maximum Gasteiger partial charge on any atom is 0.339 e. The van der Waals surface area contributed by atoms with E-state index in [1.165, 1.54) is 19.2 Å². The second-order valence-corrected chi connectivity index (χ2v) is 5.34. The van der Waals surface area contributed by atoms with E-state index in [2.05, 4.69) is 10.1 Å². The zero-order chi connectivity index (χ0) is 15.5. The summed E-state index contributed by atoms with van der Waals surface area (Å²) in [6, 6.07) is 4.54. The minimum absolute atomic E-state index is 0.228. The van der Waals surface area contributed by atoms with Crippen LogP contribution in [0, 0.1) is 0 Å². The molecule has 21 heavy (non-hydrogen) atoms. The molecule has 1 amide bonds. The molecule has 0 saturated carbocycles. The highest BCUT2D eigenvalue weighted by atomic mass is 35.5. The molecule has 0 aliphatic carbocycles. The first-order valence-electron chi connectivity index (χ1n) is 6.52. The average molecular weight is 313 g/mol. The van der Waals surface area contributed by atoms with Gasteiger partial charge in [-0.1, -0.05) is 11.6 Å². The van der Waals surface area contributed by atoms with Crippen molar-refractivity contribution >= 4 is 29.2 Å². The van der Waals surface area contributed by atoms with Gasteiger partial charge in [0.25, 0.3) is 0 Å². The van der Waals surface area contributed by atoms with E-state index in [1.54, 1.807) is 6.07 Å². The van der Waals surface area contributed by atoms with Gasteiger partial charge < -0.3 is 20.5 Å². The van der Waals surface area contributed by atoms with Crippen LogP contribution in [0.5, 0.6) is 0 Å². The van der Waals surface area contributed by atoms with Crippen molar-refractivity contribution in [2.45, 2.75) is 18.4 Å². The van der Waals surface area contributed by atoms with Crippen molar-refractivity contribution in [2.24, 2.45) is 5.73 Å². The van der Waals surface area contributed by atoms with E-state index < -0.39 is 11.5 Å². The van der Waals surface area contributed by atoms with E-state index in [9.17, 15) is 9.59 Å². The van der Waals surface area contributed by atoms with Crippen molar-refractivity contribution in [1.82, 2.24) is 0 Å². The highest BCUT2D eigenvalue weighted by Gasteiger charge is 2.36. The monoisotopic (exact) mass is 312 g/mol. The number of rotatable bonds is 3. The predicted octanol–water partition coefficient (Wildman–Crippen LogP) is 1.57. The van der Waals surface area contributed by atoms with Crippen molar-refractivity contribution in [3.8, 4) is 0 Å². The van der Waals surface area contributed by atoms with E-state index in [1.807, 2.05) is 0 Å². The maximum absolute atomic E-state index is 12.4. The summed E-state index contributed by atoms with van der Waals surface area (Å²) in [6.45, 7) is 0.868. The normalized spacial score (nSPS) is 17.1. The summed E-state index contributed by atoms with van der Waals surface area (Å²) in [7, 11) is 1.27. The molecule has 1 aliphatic rings. The Morgan fingerprint density at radius 1 is 1.38 bits per heavy atom. The van der Waals surface area contributed by atoms with Crippen LogP contribution in [0.2, 0.25) is 5.02 Å². The summed E-state index contributed by atoms with van der Waals surface area (Å²) in [5.41, 5.74) is 5.62. The summed E-state index contributed by atoms with van der Waals surface area (Å²) >= 11 is 5.91. The lowest BCUT2D eigenvalue weighted by Gasteiger charge is -2.32. The molecule has 0 atom stereocenters. The van der Waals surface area contributed by atoms with E-state index in [0.717, 1.165) is 0 Å². The average Bonchev–Trinajstić information content (AvgIpc) is 2.47. The fourth-order valence-electron chi connectivity index (χ4n) is 2.12. The molecule has 3 N–H and O–H groups in total. The van der Waals surface area contributed by atoms with Gasteiger partial charge in [-0.15, -0.1) is 0 Å². The lowest BCUT2D eigenvalue weighted by atomic mass is 9.90. The van der Waals surface area contributed by atoms with Crippen LogP contribution in [0.4, 0.5) is 5.69 Å². The van der Waals surface area contributed by atoms with Crippen LogP contribution >= 0.6 is 11.6 Å². The van der Waals surface area contributed by atoms with Crippen molar-refractivity contribution in [1.29, 1.82) is 0 Å². The van der Waals surface area contributed by atoms with Crippen LogP contribution in [0.25, 0.3) is 0 Å². The number of esters is 1. The third-order valence-electron chi connectivity index (χ3n) is 3.47. The highest BCUT2D eigenvalue weighted by molar-refractivity contribution is 6.31. The third-order valence-corrected chi connectivity index (χ3v) is 3.71. The molecule has 2 rings (SSSR count). The lowest BCUT2D eigenvalue weighted by Crippen LogP contribution is -2.54. The van der Waals surface area contributed by atoms with Crippen molar-refractivity contribution in [3.05, 3.63) is 28.8 Å². The highest BCUT2D eigenvalue weighted by Crippen LogP contribution is 2.25. The summed E-state index contributed by atoms with van der Waals surface area (Å²) in [4.78, 5) is 24.1. The number of hydrogen-bond acceptors (Lipinski definition) is 5. The number of benzene rings is 1. The fourth-order valence-corrected chi connectivity index (χ4v) is 2.29. The molecular weight excluding hydrogens is 296 g/mol. The molecule has 1 heterocycles. The number of nitrogens with two attached hydrogens (primary N) is 1. The van der Waals surface area contributed by atoms with E-state index in [-0.39, 0.29) is 17.2 Å². The molecule has 6 nitrogen and oxygen atoms in total. The van der Waals surface area contributed by atoms with Crippen molar-refractivity contribution in [2.75, 3.05) is 25.6 Å². The number of methoxy groups -OCH3 is 1. The Kier molecular flexibility index (Phi) is 4.82. The Balaban J connectivity index is 2.24. The van der Waals surface area contributed by atoms with Gasteiger partial charge in [-0.3, -0.25) is 4.79 Å². The Morgan fingerprint density at radius 2 is 2.05 bits per heavy atom. The number of carbonyl (C=O) groups is 2. The van der Waals surface area contributed by atoms with Gasteiger partial charge in [-0.25, -0.2) is 4.79 Å². The van der Waals surface area contributed by atoms with Gasteiger partial charge in [0.15, 0.2) is 0 Å². The number of ether oxygens (including phenoxy) is 2. The van der Waals surface area contributed by atoms with Gasteiger partial charge in [-0.05, 0) is 31.0 Å². The van der Waals surface area contributed by atoms with Crippen LogP contribution < -0.4 is 11.1 Å². The minimum atomic E-state index is -1.01. The number of carbonyl (C=O) groups excluding carboxylic acids is 2. The van der Waals surface area contributed by atoms with E-state index in [0.29, 0.717) is 31.1 Å². The second-order valence-electron chi connectivity index (χ2n) is 4.90. The van der Waals surface area contributed by atoms with Crippen molar-refractivity contribution < 1.29 is 19.1 Å². The maximum atomic E-state index is 12.4. The Bertz CT molecular complexity index is 556. The van der Waals surface area contributed by atoms with Gasteiger partial charge in [0, 0.05) is 18.2 Å². The van der Waals surface area contributed by atoms with Crippen molar-refractivity contribution in [3.63, 3.8) is 0 Å². The summed E-state index contributed by atoms with van der Waals surface area (Å²) in [5.74, 6) is -0.918. The number of hydrogen-bond donors (Lipinski definition) is 2. The summed E-state index contributed by atoms with van der Waals surface area (Å²) < 4.78 is 9.89. The third kappa shape index (κ3) is 3.53. The first kappa shape index (κ1) is 15.8. The fraction of sp³-hybridized carbons (Fsp3) is 0.429. The molecule has 1 saturated heterocycles. The van der Waals surface area contributed by atoms with Crippen LogP contribution in [0.3, 0.4) is 0 Å². The van der Waals surface area contributed by atoms with Crippen LogP contribution in [-0.2, 0) is 14.3 Å².